The Hall–Kier alpha value is -0.160. The second kappa shape index (κ2) is 14.8. The fraction of sp³-hybridized carbons (Fsp3) is 1.00. The van der Waals surface area contributed by atoms with Crippen LogP contribution in [0.3, 0.4) is 0 Å². The minimum Gasteiger partial charge on any atom is -0.331 e. The molecule has 4 nitrogen and oxygen atoms in total. The molecule has 0 aliphatic rings. The first-order chi connectivity index (χ1) is 13.0. The van der Waals surface area contributed by atoms with E-state index in [0.29, 0.717) is 0 Å². The fourth-order valence-corrected chi connectivity index (χ4v) is 3.10. The van der Waals surface area contributed by atoms with Crippen LogP contribution in [-0.4, -0.2) is 128 Å². The molecule has 0 aliphatic heterocycles. The highest BCUT2D eigenvalue weighted by Gasteiger charge is 2.13. The molecule has 0 saturated carbocycles. The van der Waals surface area contributed by atoms with Crippen molar-refractivity contribution in [2.75, 3.05) is 110 Å². The molecule has 0 rings (SSSR count). The molecule has 0 unspecified atom stereocenters. The van der Waals surface area contributed by atoms with E-state index in [0.717, 1.165) is 8.97 Å². The molecule has 4 heteroatoms. The van der Waals surface area contributed by atoms with Crippen LogP contribution >= 0.6 is 0 Å². The van der Waals surface area contributed by atoms with Gasteiger partial charge in [-0.25, -0.2) is 0 Å². The highest BCUT2D eigenvalue weighted by molar-refractivity contribution is 4.43. The van der Waals surface area contributed by atoms with Gasteiger partial charge in [0, 0.05) is 0 Å². The smallest absolute Gasteiger partial charge is 0.0782 e. The maximum absolute atomic E-state index is 2.33. The van der Waals surface area contributed by atoms with E-state index in [4.69, 9.17) is 0 Å². The molecule has 0 bridgehead atoms. The topological polar surface area (TPSA) is 0 Å². The van der Waals surface area contributed by atoms with Gasteiger partial charge in [0.05, 0.1) is 110 Å². The lowest BCUT2D eigenvalue weighted by Gasteiger charge is -2.29. The van der Waals surface area contributed by atoms with Gasteiger partial charge < -0.3 is 17.9 Å². The van der Waals surface area contributed by atoms with Crippen molar-refractivity contribution in [2.24, 2.45) is 0 Å². The predicted octanol–water partition coefficient (Wildman–Crippen LogP) is 4.31. The molecule has 0 N–H and O–H groups in total. The van der Waals surface area contributed by atoms with E-state index in [-0.39, 0.29) is 0 Å². The number of nitrogens with zero attached hydrogens (tertiary/aromatic N) is 4. The normalized spacial score (nSPS) is 13.2. The van der Waals surface area contributed by atoms with E-state index in [1.165, 1.54) is 93.2 Å². The Balaban J connectivity index is 0. The first kappa shape index (κ1) is 31.0. The molecule has 0 aliphatic carbocycles. The molecular weight excluding hydrogens is 356 g/mol. The van der Waals surface area contributed by atoms with Gasteiger partial charge in [-0.15, -0.1) is 0 Å². The van der Waals surface area contributed by atoms with Crippen molar-refractivity contribution in [3.8, 4) is 0 Å². The third-order valence-corrected chi connectivity index (χ3v) is 6.15. The Bertz CT molecular complexity index is 339. The summed E-state index contributed by atoms with van der Waals surface area (Å²) in [6.07, 6.45) is 9.70. The molecule has 178 valence electrons. The van der Waals surface area contributed by atoms with Crippen LogP contribution in [0.4, 0.5) is 0 Å². The molecule has 0 fully saturated rings. The highest BCUT2D eigenvalue weighted by Crippen LogP contribution is 2.07. The first-order valence-corrected chi connectivity index (χ1v) is 12.3. The second-order valence-corrected chi connectivity index (χ2v) is 12.5. The third kappa shape index (κ3) is 25.8. The van der Waals surface area contributed by atoms with Gasteiger partial charge in [-0.3, -0.25) is 0 Å². The lowest BCUT2D eigenvalue weighted by atomic mass is 10.1. The molecule has 0 aromatic carbocycles. The van der Waals surface area contributed by atoms with Crippen LogP contribution in [0.1, 0.15) is 58.8 Å². The monoisotopic (exact) mass is 418 g/mol. The van der Waals surface area contributed by atoms with Crippen LogP contribution in [0, 0.1) is 0 Å². The number of rotatable bonds is 15. The molecule has 0 heterocycles. The summed E-state index contributed by atoms with van der Waals surface area (Å²) in [6.45, 7) is 12.3. The minimum atomic E-state index is 1.11. The molecule has 0 atom stereocenters. The zero-order valence-corrected chi connectivity index (χ0v) is 23.0. The van der Waals surface area contributed by atoms with Crippen LogP contribution in [0.25, 0.3) is 0 Å². The fourth-order valence-electron chi connectivity index (χ4n) is 3.10. The van der Waals surface area contributed by atoms with E-state index in [2.05, 4.69) is 84.3 Å². The molecule has 0 amide bonds. The Morgan fingerprint density at radius 2 is 0.586 bits per heavy atom. The summed E-state index contributed by atoms with van der Waals surface area (Å²) in [4.78, 5) is 0. The summed E-state index contributed by atoms with van der Waals surface area (Å²) in [6, 6.07) is 0. The van der Waals surface area contributed by atoms with E-state index in [9.17, 15) is 0 Å². The van der Waals surface area contributed by atoms with Crippen LogP contribution in [-0.2, 0) is 0 Å². The van der Waals surface area contributed by atoms with Crippen molar-refractivity contribution in [3.05, 3.63) is 0 Å². The van der Waals surface area contributed by atoms with Crippen LogP contribution in [0.5, 0.6) is 0 Å². The molecule has 0 radical (unpaired) electrons. The van der Waals surface area contributed by atoms with E-state index < -0.39 is 0 Å². The number of quaternary nitrogens is 4. The average molecular weight is 419 g/mol. The van der Waals surface area contributed by atoms with Gasteiger partial charge >= 0.3 is 0 Å². The molecule has 0 aromatic heterocycles. The second-order valence-electron chi connectivity index (χ2n) is 12.5. The van der Waals surface area contributed by atoms with Gasteiger partial charge in [-0.1, -0.05) is 0 Å². The average Bonchev–Trinajstić information content (AvgIpc) is 2.56. The zero-order chi connectivity index (χ0) is 23.2. The Morgan fingerprint density at radius 1 is 0.345 bits per heavy atom. The molecular formula is C25H62N4+4. The summed E-state index contributed by atoms with van der Waals surface area (Å²) in [7, 11) is 22.9. The lowest BCUT2D eigenvalue weighted by Crippen LogP contribution is -2.41. The van der Waals surface area contributed by atoms with Crippen LogP contribution in [0.15, 0.2) is 0 Å². The lowest BCUT2D eigenvalue weighted by molar-refractivity contribution is -0.890. The largest absolute Gasteiger partial charge is 0.331 e. The summed E-state index contributed by atoms with van der Waals surface area (Å²) >= 11 is 0. The zero-order valence-electron chi connectivity index (χ0n) is 23.0. The Morgan fingerprint density at radius 3 is 0.828 bits per heavy atom. The quantitative estimate of drug-likeness (QED) is 0.275. The Kier molecular flexibility index (Phi) is 15.8. The maximum atomic E-state index is 2.33. The molecule has 29 heavy (non-hydrogen) atoms. The van der Waals surface area contributed by atoms with E-state index in [1.54, 1.807) is 0 Å². The van der Waals surface area contributed by atoms with Gasteiger partial charge in [0.1, 0.15) is 0 Å². The van der Waals surface area contributed by atoms with Crippen LogP contribution < -0.4 is 0 Å². The Labute approximate surface area is 186 Å². The van der Waals surface area contributed by atoms with Gasteiger partial charge in [0.15, 0.2) is 0 Å². The molecule has 0 aromatic rings. The van der Waals surface area contributed by atoms with Crippen molar-refractivity contribution < 1.29 is 17.9 Å². The van der Waals surface area contributed by atoms with E-state index >= 15 is 0 Å². The number of hydrogen-bond donors (Lipinski definition) is 0. The van der Waals surface area contributed by atoms with Gasteiger partial charge in [0.2, 0.25) is 0 Å². The van der Waals surface area contributed by atoms with Crippen molar-refractivity contribution >= 4 is 0 Å². The van der Waals surface area contributed by atoms with E-state index in [1.807, 2.05) is 0 Å². The SMILES string of the molecule is CC[N+](C)(C)CCCCC[N+](C)(C)CC.C[N+](C)(C)CCCCCC[N+](C)(C)C. The molecule has 0 saturated heterocycles. The summed E-state index contributed by atoms with van der Waals surface area (Å²) in [5.41, 5.74) is 0. The van der Waals surface area contributed by atoms with Crippen LogP contribution in [0.2, 0.25) is 0 Å². The summed E-state index contributed by atoms with van der Waals surface area (Å²) in [5, 5.41) is 0. The number of hydrogen-bond acceptors (Lipinski definition) is 0. The minimum absolute atomic E-state index is 1.11. The summed E-state index contributed by atoms with van der Waals surface area (Å²) < 4.78 is 4.56. The van der Waals surface area contributed by atoms with Crippen molar-refractivity contribution in [2.45, 2.75) is 58.8 Å². The van der Waals surface area contributed by atoms with Crippen molar-refractivity contribution in [3.63, 3.8) is 0 Å². The number of unbranched alkanes of at least 4 members (excludes halogenated alkanes) is 5. The van der Waals surface area contributed by atoms with Gasteiger partial charge in [-0.2, -0.15) is 0 Å². The molecule has 0 spiro atoms. The predicted molar refractivity (Wildman–Crippen MR) is 133 cm³/mol. The van der Waals surface area contributed by atoms with Crippen molar-refractivity contribution in [1.82, 2.24) is 0 Å². The standard InChI is InChI=1S/C13H32N2.C12H30N2/c1-7-14(3,4)12-10-9-11-13-15(5,6)8-2;1-13(2,3)11-9-7-8-10-12-14(4,5)6/h7-13H2,1-6H3;7-12H2,1-6H3/q2*+2. The van der Waals surface area contributed by atoms with Gasteiger partial charge in [-0.05, 0) is 58.8 Å². The highest BCUT2D eigenvalue weighted by atomic mass is 15.3. The van der Waals surface area contributed by atoms with Crippen molar-refractivity contribution in [1.29, 1.82) is 0 Å². The van der Waals surface area contributed by atoms with Gasteiger partial charge in [0.25, 0.3) is 0 Å². The summed E-state index contributed by atoms with van der Waals surface area (Å²) in [5.74, 6) is 0. The maximum Gasteiger partial charge on any atom is 0.0782 e. The first-order valence-electron chi connectivity index (χ1n) is 12.3. The third-order valence-electron chi connectivity index (χ3n) is 6.15.